The number of likely N-dealkylation sites (tertiary alicyclic amines) is 1. The molecule has 1 N–H and O–H groups in total. The van der Waals surface area contributed by atoms with Crippen LogP contribution in [0, 0.1) is 0 Å². The number of piperidine rings is 1. The first-order valence-corrected chi connectivity index (χ1v) is 12.5. The van der Waals surface area contributed by atoms with Crippen molar-refractivity contribution >= 4 is 34.8 Å². The van der Waals surface area contributed by atoms with E-state index in [-0.39, 0.29) is 30.3 Å². The van der Waals surface area contributed by atoms with Gasteiger partial charge < -0.3 is 24.6 Å². The summed E-state index contributed by atoms with van der Waals surface area (Å²) in [7, 11) is 3.08. The van der Waals surface area contributed by atoms with E-state index in [4.69, 9.17) is 9.47 Å². The number of anilines is 3. The van der Waals surface area contributed by atoms with Crippen LogP contribution in [0.1, 0.15) is 42.5 Å². The van der Waals surface area contributed by atoms with Gasteiger partial charge in [-0.15, -0.1) is 0 Å². The van der Waals surface area contributed by atoms with Crippen molar-refractivity contribution in [1.29, 1.82) is 0 Å². The van der Waals surface area contributed by atoms with Crippen LogP contribution in [0.3, 0.4) is 0 Å². The zero-order chi connectivity index (χ0) is 25.2. The SMILES string of the molecule is COc1ccc(NC(=O)CN2C(=O)[C@H]3CCCCN3c3ccc(C(=O)N4CCCC4)cc32)c(OC)c1. The van der Waals surface area contributed by atoms with Crippen molar-refractivity contribution < 1.29 is 23.9 Å². The van der Waals surface area contributed by atoms with Crippen LogP contribution in [0.2, 0.25) is 0 Å². The minimum absolute atomic E-state index is 0.0316. The Bertz CT molecular complexity index is 1180. The molecule has 0 aliphatic carbocycles. The maximum Gasteiger partial charge on any atom is 0.253 e. The molecule has 9 nitrogen and oxygen atoms in total. The highest BCUT2D eigenvalue weighted by Crippen LogP contribution is 2.40. The predicted octanol–water partition coefficient (Wildman–Crippen LogP) is 3.28. The fourth-order valence-corrected chi connectivity index (χ4v) is 5.39. The van der Waals surface area contributed by atoms with E-state index in [0.29, 0.717) is 28.4 Å². The zero-order valence-corrected chi connectivity index (χ0v) is 20.8. The van der Waals surface area contributed by atoms with Crippen LogP contribution >= 0.6 is 0 Å². The lowest BCUT2D eigenvalue weighted by Crippen LogP contribution is -2.56. The molecule has 5 rings (SSSR count). The number of carbonyl (C=O) groups is 3. The second-order valence-electron chi connectivity index (χ2n) is 9.45. The smallest absolute Gasteiger partial charge is 0.253 e. The van der Waals surface area contributed by atoms with Crippen molar-refractivity contribution in [2.24, 2.45) is 0 Å². The van der Waals surface area contributed by atoms with Crippen LogP contribution < -0.4 is 24.6 Å². The number of hydrogen-bond donors (Lipinski definition) is 1. The van der Waals surface area contributed by atoms with Crippen molar-refractivity contribution in [3.05, 3.63) is 42.0 Å². The monoisotopic (exact) mass is 492 g/mol. The topological polar surface area (TPSA) is 91.4 Å². The minimum Gasteiger partial charge on any atom is -0.497 e. The van der Waals surface area contributed by atoms with Gasteiger partial charge in [0.1, 0.15) is 24.1 Å². The van der Waals surface area contributed by atoms with Crippen molar-refractivity contribution in [3.63, 3.8) is 0 Å². The van der Waals surface area contributed by atoms with Gasteiger partial charge in [0.2, 0.25) is 11.8 Å². The Labute approximate surface area is 210 Å². The van der Waals surface area contributed by atoms with Gasteiger partial charge in [0, 0.05) is 31.3 Å². The summed E-state index contributed by atoms with van der Waals surface area (Å²) in [5, 5.41) is 2.86. The van der Waals surface area contributed by atoms with Crippen molar-refractivity contribution in [3.8, 4) is 11.5 Å². The largest absolute Gasteiger partial charge is 0.497 e. The molecular weight excluding hydrogens is 460 g/mol. The molecule has 3 heterocycles. The van der Waals surface area contributed by atoms with Gasteiger partial charge >= 0.3 is 0 Å². The number of rotatable bonds is 6. The van der Waals surface area contributed by atoms with E-state index < -0.39 is 0 Å². The van der Waals surface area contributed by atoms with E-state index in [0.717, 1.165) is 57.4 Å². The lowest BCUT2D eigenvalue weighted by molar-refractivity contribution is -0.123. The Hall–Kier alpha value is -3.75. The molecule has 0 bridgehead atoms. The highest BCUT2D eigenvalue weighted by Gasteiger charge is 2.40. The van der Waals surface area contributed by atoms with Gasteiger partial charge in [-0.25, -0.2) is 0 Å². The number of methoxy groups -OCH3 is 2. The molecular formula is C27H32N4O5. The maximum absolute atomic E-state index is 13.6. The fourth-order valence-electron chi connectivity index (χ4n) is 5.39. The number of nitrogens with one attached hydrogen (secondary N) is 1. The molecule has 0 unspecified atom stereocenters. The molecule has 9 heteroatoms. The number of nitrogens with zero attached hydrogens (tertiary/aromatic N) is 3. The van der Waals surface area contributed by atoms with Crippen LogP contribution in [-0.4, -0.2) is 69.1 Å². The summed E-state index contributed by atoms with van der Waals surface area (Å²) in [5.74, 6) is 0.585. The molecule has 2 saturated heterocycles. The first-order chi connectivity index (χ1) is 17.5. The van der Waals surface area contributed by atoms with Crippen molar-refractivity contribution in [2.45, 2.75) is 38.1 Å². The molecule has 190 valence electrons. The lowest BCUT2D eigenvalue weighted by atomic mass is 9.95. The third kappa shape index (κ3) is 4.45. The third-order valence-electron chi connectivity index (χ3n) is 7.25. The normalized spacial score (nSPS) is 19.0. The van der Waals surface area contributed by atoms with E-state index in [1.165, 1.54) is 12.0 Å². The Balaban J connectivity index is 1.44. The Morgan fingerprint density at radius 2 is 1.72 bits per heavy atom. The molecule has 36 heavy (non-hydrogen) atoms. The summed E-state index contributed by atoms with van der Waals surface area (Å²) >= 11 is 0. The number of carbonyl (C=O) groups excluding carboxylic acids is 3. The molecule has 3 aliphatic rings. The van der Waals surface area contributed by atoms with Gasteiger partial charge in [0.15, 0.2) is 0 Å². The zero-order valence-electron chi connectivity index (χ0n) is 20.8. The van der Waals surface area contributed by atoms with E-state index in [1.807, 2.05) is 17.0 Å². The average molecular weight is 493 g/mol. The predicted molar refractivity (Wildman–Crippen MR) is 137 cm³/mol. The Morgan fingerprint density at radius 1 is 0.944 bits per heavy atom. The van der Waals surface area contributed by atoms with Gasteiger partial charge in [-0.3, -0.25) is 19.3 Å². The molecule has 0 spiro atoms. The van der Waals surface area contributed by atoms with Crippen molar-refractivity contribution in [2.75, 3.05) is 55.5 Å². The first-order valence-electron chi connectivity index (χ1n) is 12.5. The van der Waals surface area contributed by atoms with Crippen LogP contribution in [-0.2, 0) is 9.59 Å². The van der Waals surface area contributed by atoms with E-state index >= 15 is 0 Å². The summed E-state index contributed by atoms with van der Waals surface area (Å²) in [5.41, 5.74) is 2.54. The van der Waals surface area contributed by atoms with Crippen LogP contribution in [0.25, 0.3) is 0 Å². The summed E-state index contributed by atoms with van der Waals surface area (Å²) in [4.78, 5) is 45.4. The molecule has 0 saturated carbocycles. The van der Waals surface area contributed by atoms with Crippen molar-refractivity contribution in [1.82, 2.24) is 4.90 Å². The van der Waals surface area contributed by atoms with Gasteiger partial charge in [-0.05, 0) is 62.4 Å². The molecule has 1 atom stereocenters. The fraction of sp³-hybridized carbons (Fsp3) is 0.444. The molecule has 2 aromatic rings. The molecule has 3 amide bonds. The Morgan fingerprint density at radius 3 is 2.47 bits per heavy atom. The number of fused-ring (bicyclic) bond motifs is 3. The van der Waals surface area contributed by atoms with Gasteiger partial charge in [0.05, 0.1) is 31.3 Å². The van der Waals surface area contributed by atoms with Gasteiger partial charge in [0.25, 0.3) is 5.91 Å². The molecule has 0 radical (unpaired) electrons. The van der Waals surface area contributed by atoms with Gasteiger partial charge in [-0.2, -0.15) is 0 Å². The maximum atomic E-state index is 13.6. The highest BCUT2D eigenvalue weighted by atomic mass is 16.5. The van der Waals surface area contributed by atoms with E-state index in [1.54, 1.807) is 31.4 Å². The molecule has 2 aromatic carbocycles. The van der Waals surface area contributed by atoms with Crippen LogP contribution in [0.5, 0.6) is 11.5 Å². The summed E-state index contributed by atoms with van der Waals surface area (Å²) in [6.45, 7) is 2.12. The second kappa shape index (κ2) is 10.1. The lowest BCUT2D eigenvalue weighted by Gasteiger charge is -2.45. The first kappa shape index (κ1) is 24.0. The summed E-state index contributed by atoms with van der Waals surface area (Å²) in [6.07, 6.45) is 4.74. The number of hydrogen-bond acceptors (Lipinski definition) is 6. The minimum atomic E-state index is -0.349. The Kier molecular flexibility index (Phi) is 6.71. The molecule has 0 aromatic heterocycles. The standard InChI is InChI=1S/C27H32N4O5/c1-35-19-9-10-20(24(16-19)36-2)28-25(32)17-31-23-15-18(26(33)29-12-5-6-13-29)8-11-21(23)30-14-4-3-7-22(30)27(31)34/h8-11,15-16,22H,3-7,12-14,17H2,1-2H3,(H,28,32)/t22-/m1/s1. The van der Waals surface area contributed by atoms with Crippen LogP contribution in [0.15, 0.2) is 36.4 Å². The molecule has 2 fully saturated rings. The third-order valence-corrected chi connectivity index (χ3v) is 7.25. The quantitative estimate of drug-likeness (QED) is 0.666. The average Bonchev–Trinajstić information content (AvgIpc) is 3.45. The van der Waals surface area contributed by atoms with Crippen LogP contribution in [0.4, 0.5) is 17.1 Å². The highest BCUT2D eigenvalue weighted by molar-refractivity contribution is 6.11. The van der Waals surface area contributed by atoms with Gasteiger partial charge in [-0.1, -0.05) is 0 Å². The molecule has 3 aliphatic heterocycles. The number of ether oxygens (including phenoxy) is 2. The summed E-state index contributed by atoms with van der Waals surface area (Å²) < 4.78 is 10.6. The van der Waals surface area contributed by atoms with E-state index in [9.17, 15) is 14.4 Å². The van der Waals surface area contributed by atoms with E-state index in [2.05, 4.69) is 10.2 Å². The summed E-state index contributed by atoms with van der Waals surface area (Å²) in [6, 6.07) is 10.4. The number of amides is 3. The second-order valence-corrected chi connectivity index (χ2v) is 9.45. The number of benzene rings is 2.